The Hall–Kier alpha value is -1.29. The third-order valence-electron chi connectivity index (χ3n) is 5.72. The normalized spacial score (nSPS) is 21.0. The largest absolute Gasteiger partial charge is 0.503 e. The first-order valence-corrected chi connectivity index (χ1v) is 9.29. The first kappa shape index (κ1) is 16.6. The molecule has 1 aromatic heterocycles. The van der Waals surface area contributed by atoms with E-state index in [9.17, 15) is 9.90 Å². The van der Waals surface area contributed by atoms with Gasteiger partial charge in [0.25, 0.3) is 0 Å². The number of nitrogens with zero attached hydrogens (tertiary/aromatic N) is 2. The second-order valence-corrected chi connectivity index (χ2v) is 7.42. The molecule has 2 fully saturated rings. The molecule has 1 heterocycles. The molecule has 0 unspecified atom stereocenters. The van der Waals surface area contributed by atoms with Crippen molar-refractivity contribution >= 4 is 0 Å². The van der Waals surface area contributed by atoms with Gasteiger partial charge in [-0.3, -0.25) is 9.69 Å². The van der Waals surface area contributed by atoms with Crippen LogP contribution in [0.1, 0.15) is 75.9 Å². The Bertz CT molecular complexity index is 569. The third-order valence-corrected chi connectivity index (χ3v) is 5.72. The van der Waals surface area contributed by atoms with Gasteiger partial charge in [0.05, 0.1) is 6.20 Å². The zero-order valence-corrected chi connectivity index (χ0v) is 14.3. The van der Waals surface area contributed by atoms with Crippen LogP contribution in [0.25, 0.3) is 0 Å². The van der Waals surface area contributed by atoms with E-state index in [1.165, 1.54) is 51.4 Å². The molecule has 128 valence electrons. The van der Waals surface area contributed by atoms with Crippen LogP contribution >= 0.6 is 0 Å². The molecule has 3 rings (SSSR count). The first-order chi connectivity index (χ1) is 11.1. The van der Waals surface area contributed by atoms with Crippen molar-refractivity contribution in [1.29, 1.82) is 0 Å². The van der Waals surface area contributed by atoms with E-state index in [1.807, 2.05) is 0 Å². The monoisotopic (exact) mass is 318 g/mol. The Morgan fingerprint density at radius 2 is 1.70 bits per heavy atom. The summed E-state index contributed by atoms with van der Waals surface area (Å²) in [6.07, 6.45) is 14.3. The second kappa shape index (κ2) is 7.52. The van der Waals surface area contributed by atoms with Gasteiger partial charge in [-0.05, 0) is 32.7 Å². The quantitative estimate of drug-likeness (QED) is 0.918. The average Bonchev–Trinajstić information content (AvgIpc) is 2.59. The number of hydrogen-bond acceptors (Lipinski definition) is 3. The molecule has 0 aromatic carbocycles. The molecule has 2 saturated carbocycles. The van der Waals surface area contributed by atoms with E-state index < -0.39 is 0 Å². The molecule has 2 aliphatic carbocycles. The Balaban J connectivity index is 1.81. The van der Waals surface area contributed by atoms with Crippen molar-refractivity contribution in [3.63, 3.8) is 0 Å². The molecule has 0 amide bonds. The van der Waals surface area contributed by atoms with Crippen LogP contribution in [0.3, 0.4) is 0 Å². The molecule has 0 bridgehead atoms. The van der Waals surface area contributed by atoms with Crippen LogP contribution in [0, 0.1) is 0 Å². The fourth-order valence-electron chi connectivity index (χ4n) is 4.31. The maximum absolute atomic E-state index is 12.0. The van der Waals surface area contributed by atoms with Gasteiger partial charge >= 0.3 is 0 Å². The zero-order valence-electron chi connectivity index (χ0n) is 14.3. The van der Waals surface area contributed by atoms with Crippen LogP contribution in [-0.2, 0) is 6.54 Å². The summed E-state index contributed by atoms with van der Waals surface area (Å²) in [6.45, 7) is 0.802. The van der Waals surface area contributed by atoms with E-state index in [0.29, 0.717) is 12.1 Å². The molecule has 2 aliphatic rings. The van der Waals surface area contributed by atoms with E-state index in [2.05, 4.69) is 16.5 Å². The van der Waals surface area contributed by atoms with Gasteiger partial charge in [-0.25, -0.2) is 0 Å². The summed E-state index contributed by atoms with van der Waals surface area (Å²) in [6, 6.07) is 2.72. The molecule has 1 aromatic rings. The second-order valence-electron chi connectivity index (χ2n) is 7.42. The van der Waals surface area contributed by atoms with Crippen LogP contribution < -0.4 is 5.43 Å². The van der Waals surface area contributed by atoms with Crippen molar-refractivity contribution in [3.05, 3.63) is 28.2 Å². The highest BCUT2D eigenvalue weighted by molar-refractivity contribution is 5.21. The number of pyridine rings is 1. The lowest BCUT2D eigenvalue weighted by Gasteiger charge is -2.33. The van der Waals surface area contributed by atoms with Crippen LogP contribution in [0.2, 0.25) is 0 Å². The van der Waals surface area contributed by atoms with E-state index in [1.54, 1.807) is 12.3 Å². The molecule has 0 saturated heterocycles. The molecule has 4 heteroatoms. The molecule has 0 radical (unpaired) electrons. The van der Waals surface area contributed by atoms with Crippen molar-refractivity contribution in [2.24, 2.45) is 0 Å². The van der Waals surface area contributed by atoms with Gasteiger partial charge in [0.1, 0.15) is 0 Å². The number of rotatable bonds is 4. The Labute approximate surface area is 139 Å². The highest BCUT2D eigenvalue weighted by Gasteiger charge is 2.22. The molecule has 23 heavy (non-hydrogen) atoms. The lowest BCUT2D eigenvalue weighted by atomic mass is 9.94. The molecular formula is C19H30N2O2. The number of aromatic hydroxyl groups is 1. The van der Waals surface area contributed by atoms with E-state index in [-0.39, 0.29) is 11.2 Å². The number of hydrogen-bond donors (Lipinski definition) is 1. The fraction of sp³-hybridized carbons (Fsp3) is 0.737. The molecule has 0 atom stereocenters. The first-order valence-electron chi connectivity index (χ1n) is 9.29. The lowest BCUT2D eigenvalue weighted by Crippen LogP contribution is -2.34. The summed E-state index contributed by atoms with van der Waals surface area (Å²) in [7, 11) is 2.18. The Kier molecular flexibility index (Phi) is 5.42. The Morgan fingerprint density at radius 3 is 2.35 bits per heavy atom. The highest BCUT2D eigenvalue weighted by Crippen LogP contribution is 2.30. The van der Waals surface area contributed by atoms with Gasteiger partial charge in [-0.2, -0.15) is 0 Å². The van der Waals surface area contributed by atoms with Crippen molar-refractivity contribution in [2.45, 2.75) is 82.8 Å². The molecule has 0 spiro atoms. The van der Waals surface area contributed by atoms with Crippen LogP contribution in [0.5, 0.6) is 5.75 Å². The maximum atomic E-state index is 12.0. The van der Waals surface area contributed by atoms with Crippen molar-refractivity contribution < 1.29 is 5.11 Å². The number of aromatic nitrogens is 1. The van der Waals surface area contributed by atoms with Crippen molar-refractivity contribution in [3.8, 4) is 5.75 Å². The summed E-state index contributed by atoms with van der Waals surface area (Å²) < 4.78 is 2.19. The highest BCUT2D eigenvalue weighted by atomic mass is 16.3. The Morgan fingerprint density at radius 1 is 1.09 bits per heavy atom. The van der Waals surface area contributed by atoms with Gasteiger partial charge in [0, 0.05) is 30.4 Å². The van der Waals surface area contributed by atoms with Gasteiger partial charge in [-0.1, -0.05) is 38.5 Å². The minimum absolute atomic E-state index is 0.111. The standard InChI is InChI=1S/C19H30N2O2/c1-20(15-8-4-2-5-9-15)13-17-12-18(22)19(23)14-21(17)16-10-6-3-7-11-16/h12,14-16,23H,2-11,13H2,1H3. The van der Waals surface area contributed by atoms with E-state index >= 15 is 0 Å². The predicted octanol–water partition coefficient (Wildman–Crippen LogP) is 3.82. The average molecular weight is 318 g/mol. The fourth-order valence-corrected chi connectivity index (χ4v) is 4.31. The lowest BCUT2D eigenvalue weighted by molar-refractivity contribution is 0.177. The summed E-state index contributed by atoms with van der Waals surface area (Å²) in [5.74, 6) is -0.111. The van der Waals surface area contributed by atoms with Crippen molar-refractivity contribution in [1.82, 2.24) is 9.47 Å². The minimum Gasteiger partial charge on any atom is -0.503 e. The third kappa shape index (κ3) is 3.97. The van der Waals surface area contributed by atoms with E-state index in [0.717, 1.165) is 25.1 Å². The summed E-state index contributed by atoms with van der Waals surface area (Å²) >= 11 is 0. The molecule has 4 nitrogen and oxygen atoms in total. The molecule has 1 N–H and O–H groups in total. The minimum atomic E-state index is -0.246. The van der Waals surface area contributed by atoms with Gasteiger partial charge in [0.15, 0.2) is 5.75 Å². The SMILES string of the molecule is CN(Cc1cc(=O)c(O)cn1C1CCCCC1)C1CCCCC1. The smallest absolute Gasteiger partial charge is 0.223 e. The predicted molar refractivity (Wildman–Crippen MR) is 92.8 cm³/mol. The van der Waals surface area contributed by atoms with E-state index in [4.69, 9.17) is 0 Å². The van der Waals surface area contributed by atoms with Gasteiger partial charge in [-0.15, -0.1) is 0 Å². The summed E-state index contributed by atoms with van der Waals surface area (Å²) in [5.41, 5.74) is 0.817. The van der Waals surface area contributed by atoms with Crippen LogP contribution in [0.4, 0.5) is 0 Å². The zero-order chi connectivity index (χ0) is 16.2. The summed E-state index contributed by atoms with van der Waals surface area (Å²) in [4.78, 5) is 14.4. The van der Waals surface area contributed by atoms with Gasteiger partial charge in [0.2, 0.25) is 5.43 Å². The topological polar surface area (TPSA) is 45.5 Å². The molecule has 0 aliphatic heterocycles. The molecular weight excluding hydrogens is 288 g/mol. The van der Waals surface area contributed by atoms with Gasteiger partial charge < -0.3 is 9.67 Å². The van der Waals surface area contributed by atoms with Crippen molar-refractivity contribution in [2.75, 3.05) is 7.05 Å². The summed E-state index contributed by atoms with van der Waals surface area (Å²) in [5, 5.41) is 9.89. The maximum Gasteiger partial charge on any atom is 0.223 e. The van der Waals surface area contributed by atoms with Crippen LogP contribution in [-0.4, -0.2) is 27.7 Å². The van der Waals surface area contributed by atoms with Crippen LogP contribution in [0.15, 0.2) is 17.1 Å².